The van der Waals surface area contributed by atoms with E-state index in [4.69, 9.17) is 16.3 Å². The first-order valence-electron chi connectivity index (χ1n) is 9.64. The number of methoxy groups -OCH3 is 1. The number of carbonyl (C=O) groups excluding carboxylic acids is 1. The van der Waals surface area contributed by atoms with Gasteiger partial charge in [-0.1, -0.05) is 24.2 Å². The predicted octanol–water partition coefficient (Wildman–Crippen LogP) is 5.14. The molecule has 3 rings (SSSR count). The molecule has 0 saturated carbocycles. The van der Waals surface area contributed by atoms with E-state index >= 15 is 0 Å². The van der Waals surface area contributed by atoms with Crippen LogP contribution in [0.15, 0.2) is 55.3 Å². The Labute approximate surface area is 195 Å². The van der Waals surface area contributed by atoms with Gasteiger partial charge in [0.05, 0.1) is 30.0 Å². The zero-order valence-electron chi connectivity index (χ0n) is 18.1. The van der Waals surface area contributed by atoms with Crippen molar-refractivity contribution in [1.82, 2.24) is 9.97 Å². The van der Waals surface area contributed by atoms with Gasteiger partial charge in [0.15, 0.2) is 5.82 Å². The molecule has 8 nitrogen and oxygen atoms in total. The summed E-state index contributed by atoms with van der Waals surface area (Å²) in [5.41, 5.74) is 1.27. The van der Waals surface area contributed by atoms with Crippen LogP contribution >= 0.6 is 18.7 Å². The molecule has 1 amide bonds. The lowest BCUT2D eigenvalue weighted by atomic mass is 10.2. The Kier molecular flexibility index (Phi) is 7.36. The molecule has 33 heavy (non-hydrogen) atoms. The summed E-state index contributed by atoms with van der Waals surface area (Å²) in [6, 6.07) is 9.31. The van der Waals surface area contributed by atoms with Gasteiger partial charge in [0.1, 0.15) is 23.7 Å². The molecule has 3 aromatic rings. The fourth-order valence-corrected chi connectivity index (χ4v) is 4.44. The highest BCUT2D eigenvalue weighted by Gasteiger charge is 2.22. The minimum Gasteiger partial charge on any atom is -0.495 e. The maximum atomic E-state index is 14.4. The normalized spacial score (nSPS) is 10.9. The van der Waals surface area contributed by atoms with Crippen LogP contribution in [0.3, 0.4) is 0 Å². The van der Waals surface area contributed by atoms with Crippen LogP contribution in [0.25, 0.3) is 0 Å². The van der Waals surface area contributed by atoms with Crippen LogP contribution in [0.5, 0.6) is 5.75 Å². The Morgan fingerprint density at radius 1 is 1.21 bits per heavy atom. The van der Waals surface area contributed by atoms with Gasteiger partial charge in [0, 0.05) is 5.69 Å². The molecule has 0 radical (unpaired) electrons. The molecule has 0 saturated heterocycles. The first-order chi connectivity index (χ1) is 15.6. The Morgan fingerprint density at radius 3 is 2.64 bits per heavy atom. The lowest BCUT2D eigenvalue weighted by Gasteiger charge is -2.17. The van der Waals surface area contributed by atoms with Crippen LogP contribution in [0, 0.1) is 5.82 Å². The molecule has 0 atom stereocenters. The number of hydrogen-bond donors (Lipinski definition) is 3. The summed E-state index contributed by atoms with van der Waals surface area (Å²) in [4.78, 5) is 20.1. The predicted molar refractivity (Wildman–Crippen MR) is 131 cm³/mol. The number of benzene rings is 2. The van der Waals surface area contributed by atoms with Crippen molar-refractivity contribution in [3.05, 3.63) is 66.1 Å². The number of ether oxygens (including phenoxy) is 1. The number of anilines is 5. The summed E-state index contributed by atoms with van der Waals surface area (Å²) >= 11 is 6.25. The van der Waals surface area contributed by atoms with E-state index in [0.717, 1.165) is 6.08 Å². The van der Waals surface area contributed by atoms with Crippen molar-refractivity contribution >= 4 is 58.8 Å². The molecular formula is C22H22ClFN5O3P. The second-order valence-corrected chi connectivity index (χ2v) is 10.8. The standard InChI is InChI=1S/C22H22ClFN5O3P/c1-5-19(30)26-13-9-10-18(32-2)17(11-13)28-22-25-12-14(23)21(29-22)27-16-8-6-7-15(24)20(16)33(3,4)31/h5-12H,1H2,2-4H3,(H,26,30)(H2,25,27,28,29). The molecule has 0 aliphatic rings. The van der Waals surface area contributed by atoms with E-state index in [1.54, 1.807) is 24.3 Å². The number of rotatable bonds is 8. The second-order valence-electron chi connectivity index (χ2n) is 7.24. The lowest BCUT2D eigenvalue weighted by Crippen LogP contribution is -2.15. The molecule has 2 aromatic carbocycles. The highest BCUT2D eigenvalue weighted by Crippen LogP contribution is 2.40. The maximum absolute atomic E-state index is 14.4. The topological polar surface area (TPSA) is 105 Å². The van der Waals surface area contributed by atoms with Gasteiger partial charge in [0.25, 0.3) is 0 Å². The molecule has 172 valence electrons. The first-order valence-corrected chi connectivity index (χ1v) is 12.6. The fourth-order valence-electron chi connectivity index (χ4n) is 3.00. The number of aromatic nitrogens is 2. The smallest absolute Gasteiger partial charge is 0.247 e. The summed E-state index contributed by atoms with van der Waals surface area (Å²) in [5.74, 6) is -0.133. The number of nitrogens with one attached hydrogen (secondary N) is 3. The number of halogens is 2. The molecule has 1 aromatic heterocycles. The molecule has 0 spiro atoms. The zero-order valence-corrected chi connectivity index (χ0v) is 19.8. The van der Waals surface area contributed by atoms with Crippen molar-refractivity contribution in [3.8, 4) is 5.75 Å². The van der Waals surface area contributed by atoms with E-state index < -0.39 is 13.0 Å². The van der Waals surface area contributed by atoms with Crippen LogP contribution in [0.4, 0.5) is 33.2 Å². The average molecular weight is 490 g/mol. The summed E-state index contributed by atoms with van der Waals surface area (Å²) in [6.07, 6.45) is 2.52. The van der Waals surface area contributed by atoms with Gasteiger partial charge in [-0.3, -0.25) is 4.79 Å². The Balaban J connectivity index is 1.95. The van der Waals surface area contributed by atoms with Crippen molar-refractivity contribution < 1.29 is 18.5 Å². The van der Waals surface area contributed by atoms with E-state index in [1.165, 1.54) is 38.8 Å². The molecular weight excluding hydrogens is 468 g/mol. The van der Waals surface area contributed by atoms with Gasteiger partial charge < -0.3 is 25.3 Å². The van der Waals surface area contributed by atoms with Gasteiger partial charge in [-0.05, 0) is 49.7 Å². The minimum atomic E-state index is -2.94. The molecule has 0 bridgehead atoms. The largest absolute Gasteiger partial charge is 0.495 e. The summed E-state index contributed by atoms with van der Waals surface area (Å²) in [5, 5.41) is 8.87. The number of amides is 1. The van der Waals surface area contributed by atoms with Gasteiger partial charge in [0.2, 0.25) is 11.9 Å². The third-order valence-corrected chi connectivity index (χ3v) is 6.23. The van der Waals surface area contributed by atoms with Crippen molar-refractivity contribution in [2.75, 3.05) is 36.4 Å². The number of nitrogens with zero attached hydrogens (tertiary/aromatic N) is 2. The summed E-state index contributed by atoms with van der Waals surface area (Å²) < 4.78 is 32.4. The summed E-state index contributed by atoms with van der Waals surface area (Å²) in [6.45, 7) is 6.39. The molecule has 0 aliphatic carbocycles. The van der Waals surface area contributed by atoms with Crippen LogP contribution < -0.4 is 26.0 Å². The van der Waals surface area contributed by atoms with E-state index in [1.807, 2.05) is 0 Å². The van der Waals surface area contributed by atoms with Crippen molar-refractivity contribution in [1.29, 1.82) is 0 Å². The number of carbonyl (C=O) groups is 1. The quantitative estimate of drug-likeness (QED) is 0.297. The summed E-state index contributed by atoms with van der Waals surface area (Å²) in [7, 11) is -1.44. The van der Waals surface area contributed by atoms with Crippen molar-refractivity contribution in [2.24, 2.45) is 0 Å². The Bertz CT molecular complexity index is 1260. The minimum absolute atomic E-state index is 0.0709. The van der Waals surface area contributed by atoms with E-state index in [-0.39, 0.29) is 28.0 Å². The molecule has 11 heteroatoms. The molecule has 0 fully saturated rings. The van der Waals surface area contributed by atoms with Crippen LogP contribution in [0.2, 0.25) is 5.02 Å². The highest BCUT2D eigenvalue weighted by atomic mass is 35.5. The van der Waals surface area contributed by atoms with Crippen molar-refractivity contribution in [3.63, 3.8) is 0 Å². The molecule has 3 N–H and O–H groups in total. The van der Waals surface area contributed by atoms with Gasteiger partial charge in [-0.2, -0.15) is 4.98 Å². The van der Waals surface area contributed by atoms with Gasteiger partial charge in [-0.25, -0.2) is 9.37 Å². The Hall–Kier alpha value is -3.42. The van der Waals surface area contributed by atoms with Crippen molar-refractivity contribution in [2.45, 2.75) is 0 Å². The SMILES string of the molecule is C=CC(=O)Nc1ccc(OC)c(Nc2ncc(Cl)c(Nc3cccc(F)c3P(C)(C)=O)n2)c1. The second kappa shape index (κ2) is 10.0. The third kappa shape index (κ3) is 5.88. The molecule has 0 unspecified atom stereocenters. The lowest BCUT2D eigenvalue weighted by molar-refractivity contribution is -0.111. The highest BCUT2D eigenvalue weighted by molar-refractivity contribution is 7.70. The van der Waals surface area contributed by atoms with Crippen LogP contribution in [-0.4, -0.2) is 36.3 Å². The van der Waals surface area contributed by atoms with Crippen LogP contribution in [-0.2, 0) is 9.36 Å². The molecule has 1 heterocycles. The Morgan fingerprint density at radius 2 is 1.97 bits per heavy atom. The van der Waals surface area contributed by atoms with E-state index in [9.17, 15) is 13.8 Å². The third-order valence-electron chi connectivity index (χ3n) is 4.42. The average Bonchev–Trinajstić information content (AvgIpc) is 2.75. The van der Waals surface area contributed by atoms with E-state index in [0.29, 0.717) is 22.8 Å². The molecule has 0 aliphatic heterocycles. The fraction of sp³-hybridized carbons (Fsp3) is 0.136. The first kappa shape index (κ1) is 24.2. The maximum Gasteiger partial charge on any atom is 0.247 e. The number of hydrogen-bond acceptors (Lipinski definition) is 7. The monoisotopic (exact) mass is 489 g/mol. The van der Waals surface area contributed by atoms with Gasteiger partial charge >= 0.3 is 0 Å². The van der Waals surface area contributed by atoms with Gasteiger partial charge in [-0.15, -0.1) is 0 Å². The van der Waals surface area contributed by atoms with E-state index in [2.05, 4.69) is 32.5 Å². The van der Waals surface area contributed by atoms with Crippen LogP contribution in [0.1, 0.15) is 0 Å². The zero-order chi connectivity index (χ0) is 24.2.